The number of nitriles is 1. The molecule has 1 aromatic heterocycles. The first-order chi connectivity index (χ1) is 6.33. The summed E-state index contributed by atoms with van der Waals surface area (Å²) in [4.78, 5) is 0. The molecule has 0 saturated carbocycles. The number of hydrogen-bond donors (Lipinski definition) is 1. The van der Waals surface area contributed by atoms with Gasteiger partial charge in [-0.3, -0.25) is 0 Å². The van der Waals surface area contributed by atoms with Crippen LogP contribution in [-0.4, -0.2) is 6.54 Å². The number of furan rings is 1. The Bertz CT molecular complexity index is 285. The molecule has 0 atom stereocenters. The van der Waals surface area contributed by atoms with Crippen molar-refractivity contribution in [1.29, 1.82) is 5.26 Å². The summed E-state index contributed by atoms with van der Waals surface area (Å²) in [6, 6.07) is 6.02. The minimum absolute atomic E-state index is 0.615. The van der Waals surface area contributed by atoms with E-state index in [1.165, 1.54) is 0 Å². The van der Waals surface area contributed by atoms with Gasteiger partial charge in [-0.2, -0.15) is 5.26 Å². The number of aryl methyl sites for hydroxylation is 1. The lowest BCUT2D eigenvalue weighted by atomic mass is 10.3. The van der Waals surface area contributed by atoms with Crippen molar-refractivity contribution >= 4 is 0 Å². The highest BCUT2D eigenvalue weighted by Crippen LogP contribution is 2.05. The Morgan fingerprint density at radius 2 is 2.38 bits per heavy atom. The monoisotopic (exact) mass is 178 g/mol. The average Bonchev–Trinajstić information content (AvgIpc) is 2.51. The van der Waals surface area contributed by atoms with Crippen LogP contribution in [0.2, 0.25) is 0 Å². The molecule has 3 heteroatoms. The topological polar surface area (TPSA) is 49.0 Å². The Hall–Kier alpha value is -1.27. The first-order valence-electron chi connectivity index (χ1n) is 4.46. The second kappa shape index (κ2) is 5.39. The fourth-order valence-electron chi connectivity index (χ4n) is 1.08. The lowest BCUT2D eigenvalue weighted by Crippen LogP contribution is -2.13. The third-order valence-corrected chi connectivity index (χ3v) is 1.74. The van der Waals surface area contributed by atoms with Gasteiger partial charge in [0, 0.05) is 6.42 Å². The van der Waals surface area contributed by atoms with Gasteiger partial charge in [-0.1, -0.05) is 0 Å². The van der Waals surface area contributed by atoms with Crippen LogP contribution in [0.5, 0.6) is 0 Å². The quantitative estimate of drug-likeness (QED) is 0.701. The molecule has 0 unspecified atom stereocenters. The highest BCUT2D eigenvalue weighted by molar-refractivity contribution is 5.04. The average molecular weight is 178 g/mol. The van der Waals surface area contributed by atoms with Crippen molar-refractivity contribution in [2.75, 3.05) is 6.54 Å². The molecule has 0 saturated heterocycles. The first-order valence-corrected chi connectivity index (χ1v) is 4.46. The van der Waals surface area contributed by atoms with E-state index in [2.05, 4.69) is 11.4 Å². The molecule has 0 amide bonds. The van der Waals surface area contributed by atoms with Crippen LogP contribution in [0.3, 0.4) is 0 Å². The third kappa shape index (κ3) is 3.77. The molecule has 13 heavy (non-hydrogen) atoms. The number of nitrogens with one attached hydrogen (secondary N) is 1. The lowest BCUT2D eigenvalue weighted by molar-refractivity contribution is 0.461. The van der Waals surface area contributed by atoms with Crippen LogP contribution in [0.1, 0.15) is 24.4 Å². The predicted molar refractivity (Wildman–Crippen MR) is 50.0 cm³/mol. The summed E-state index contributed by atoms with van der Waals surface area (Å²) < 4.78 is 5.36. The van der Waals surface area contributed by atoms with Crippen molar-refractivity contribution in [2.45, 2.75) is 26.3 Å². The fourth-order valence-corrected chi connectivity index (χ4v) is 1.08. The molecule has 0 aliphatic carbocycles. The summed E-state index contributed by atoms with van der Waals surface area (Å²) in [5.74, 6) is 1.89. The van der Waals surface area contributed by atoms with Crippen molar-refractivity contribution in [1.82, 2.24) is 5.32 Å². The molecule has 3 nitrogen and oxygen atoms in total. The normalized spacial score (nSPS) is 9.85. The van der Waals surface area contributed by atoms with Gasteiger partial charge >= 0.3 is 0 Å². The molecular weight excluding hydrogens is 164 g/mol. The van der Waals surface area contributed by atoms with Crippen molar-refractivity contribution in [3.63, 3.8) is 0 Å². The summed E-state index contributed by atoms with van der Waals surface area (Å²) >= 11 is 0. The van der Waals surface area contributed by atoms with Gasteiger partial charge in [-0.05, 0) is 32.0 Å². The molecule has 1 heterocycles. The Morgan fingerprint density at radius 3 is 3.00 bits per heavy atom. The minimum Gasteiger partial charge on any atom is -0.465 e. The first kappa shape index (κ1) is 9.82. The summed E-state index contributed by atoms with van der Waals surface area (Å²) in [6.07, 6.45) is 1.51. The van der Waals surface area contributed by atoms with E-state index in [1.54, 1.807) is 0 Å². The molecular formula is C10H14N2O. The number of rotatable bonds is 5. The van der Waals surface area contributed by atoms with Gasteiger partial charge in [-0.25, -0.2) is 0 Å². The summed E-state index contributed by atoms with van der Waals surface area (Å²) in [5, 5.41) is 11.5. The molecule has 1 aromatic rings. The molecule has 1 rings (SSSR count). The molecule has 0 aliphatic rings. The summed E-state index contributed by atoms with van der Waals surface area (Å²) in [5.41, 5.74) is 0. The zero-order valence-electron chi connectivity index (χ0n) is 7.84. The van der Waals surface area contributed by atoms with Gasteiger partial charge < -0.3 is 9.73 Å². The molecule has 0 aliphatic heterocycles. The predicted octanol–water partition coefficient (Wildman–Crippen LogP) is 1.98. The van der Waals surface area contributed by atoms with Crippen molar-refractivity contribution in [3.05, 3.63) is 23.7 Å². The highest BCUT2D eigenvalue weighted by Gasteiger charge is 1.96. The Labute approximate surface area is 78.4 Å². The molecule has 0 bridgehead atoms. The molecule has 0 radical (unpaired) electrons. The lowest BCUT2D eigenvalue weighted by Gasteiger charge is -1.99. The Balaban J connectivity index is 2.10. The number of nitrogens with zero attached hydrogens (tertiary/aromatic N) is 1. The fraction of sp³-hybridized carbons (Fsp3) is 0.500. The summed E-state index contributed by atoms with van der Waals surface area (Å²) in [7, 11) is 0. The van der Waals surface area contributed by atoms with E-state index in [0.29, 0.717) is 6.42 Å². The van der Waals surface area contributed by atoms with Gasteiger partial charge in [0.1, 0.15) is 11.5 Å². The molecule has 0 spiro atoms. The van der Waals surface area contributed by atoms with Crippen LogP contribution in [0, 0.1) is 18.3 Å². The maximum absolute atomic E-state index is 8.29. The van der Waals surface area contributed by atoms with Crippen LogP contribution < -0.4 is 5.32 Å². The zero-order valence-corrected chi connectivity index (χ0v) is 7.84. The van der Waals surface area contributed by atoms with Crippen LogP contribution in [-0.2, 0) is 6.54 Å². The van der Waals surface area contributed by atoms with E-state index in [4.69, 9.17) is 9.68 Å². The van der Waals surface area contributed by atoms with E-state index in [1.807, 2.05) is 19.1 Å². The second-order valence-corrected chi connectivity index (χ2v) is 2.95. The van der Waals surface area contributed by atoms with E-state index in [9.17, 15) is 0 Å². The summed E-state index contributed by atoms with van der Waals surface area (Å²) in [6.45, 7) is 3.55. The Kier molecular flexibility index (Phi) is 4.07. The van der Waals surface area contributed by atoms with Crippen molar-refractivity contribution in [2.24, 2.45) is 0 Å². The van der Waals surface area contributed by atoms with Crippen LogP contribution in [0.4, 0.5) is 0 Å². The molecule has 1 N–H and O–H groups in total. The largest absolute Gasteiger partial charge is 0.465 e. The maximum Gasteiger partial charge on any atom is 0.117 e. The molecule has 0 aromatic carbocycles. The Morgan fingerprint density at radius 1 is 1.54 bits per heavy atom. The molecule has 70 valence electrons. The van der Waals surface area contributed by atoms with Crippen molar-refractivity contribution in [3.8, 4) is 6.07 Å². The van der Waals surface area contributed by atoms with Crippen LogP contribution in [0.25, 0.3) is 0 Å². The van der Waals surface area contributed by atoms with Gasteiger partial charge in [0.25, 0.3) is 0 Å². The maximum atomic E-state index is 8.29. The third-order valence-electron chi connectivity index (χ3n) is 1.74. The minimum atomic E-state index is 0.615. The molecule has 0 fully saturated rings. The van der Waals surface area contributed by atoms with Crippen molar-refractivity contribution < 1.29 is 4.42 Å². The highest BCUT2D eigenvalue weighted by atomic mass is 16.3. The number of unbranched alkanes of at least 4 members (excludes halogenated alkanes) is 1. The van der Waals surface area contributed by atoms with Crippen LogP contribution in [0.15, 0.2) is 16.5 Å². The standard InChI is InChI=1S/C10H14N2O/c1-9-4-5-10(13-9)8-12-7-3-2-6-11/h4-5,12H,2-3,7-8H2,1H3. The SMILES string of the molecule is Cc1ccc(CNCCCC#N)o1. The smallest absolute Gasteiger partial charge is 0.117 e. The van der Waals surface area contributed by atoms with Gasteiger partial charge in [0.15, 0.2) is 0 Å². The second-order valence-electron chi connectivity index (χ2n) is 2.95. The van der Waals surface area contributed by atoms with E-state index in [-0.39, 0.29) is 0 Å². The zero-order chi connectivity index (χ0) is 9.52. The van der Waals surface area contributed by atoms with Gasteiger partial charge in [-0.15, -0.1) is 0 Å². The number of hydrogen-bond acceptors (Lipinski definition) is 3. The van der Waals surface area contributed by atoms with Gasteiger partial charge in [0.2, 0.25) is 0 Å². The van der Waals surface area contributed by atoms with Gasteiger partial charge in [0.05, 0.1) is 12.6 Å². The van der Waals surface area contributed by atoms with E-state index in [0.717, 1.165) is 31.0 Å². The van der Waals surface area contributed by atoms with E-state index < -0.39 is 0 Å². The van der Waals surface area contributed by atoms with Crippen LogP contribution >= 0.6 is 0 Å². The van der Waals surface area contributed by atoms with E-state index >= 15 is 0 Å².